The highest BCUT2D eigenvalue weighted by Crippen LogP contribution is 2.24. The number of amides is 1. The van der Waals surface area contributed by atoms with Gasteiger partial charge >= 0.3 is 11.8 Å². The molecule has 1 aromatic rings. The molecule has 0 unspecified atom stereocenters. The van der Waals surface area contributed by atoms with Crippen molar-refractivity contribution in [3.8, 4) is 5.88 Å². The third-order valence-electron chi connectivity index (χ3n) is 2.53. The number of hydrogen-bond acceptors (Lipinski definition) is 7. The fourth-order valence-electron chi connectivity index (χ4n) is 1.64. The number of pyridine rings is 1. The normalized spacial score (nSPS) is 12.0. The summed E-state index contributed by atoms with van der Waals surface area (Å²) in [7, 11) is 1.31. The molecule has 0 saturated heterocycles. The first-order chi connectivity index (χ1) is 11.1. The summed E-state index contributed by atoms with van der Waals surface area (Å²) in [4.78, 5) is 29.5. The van der Waals surface area contributed by atoms with E-state index >= 15 is 0 Å². The summed E-state index contributed by atoms with van der Waals surface area (Å²) in [6.07, 6.45) is 0.733. The minimum atomic E-state index is -0.689. The third kappa shape index (κ3) is 6.69. The van der Waals surface area contributed by atoms with Crippen LogP contribution in [0.15, 0.2) is 17.3 Å². The molecule has 0 fully saturated rings. The molecule has 0 aliphatic rings. The van der Waals surface area contributed by atoms with E-state index in [0.717, 1.165) is 0 Å². The summed E-state index contributed by atoms with van der Waals surface area (Å²) in [6, 6.07) is 1.33. The second-order valence-electron chi connectivity index (χ2n) is 5.95. The first kappa shape index (κ1) is 19.5. The number of carbonyl (C=O) groups excluding carboxylic acids is 1. The van der Waals surface area contributed by atoms with Crippen LogP contribution in [0.3, 0.4) is 0 Å². The number of methoxy groups -OCH3 is 1. The predicted molar refractivity (Wildman–Crippen MR) is 86.4 cm³/mol. The van der Waals surface area contributed by atoms with Crippen LogP contribution < -0.4 is 4.74 Å². The fourth-order valence-corrected chi connectivity index (χ4v) is 1.64. The largest absolute Gasteiger partial charge is 0.476 e. The summed E-state index contributed by atoms with van der Waals surface area (Å²) in [5, 5.41) is 10.9. The van der Waals surface area contributed by atoms with Crippen molar-refractivity contribution in [2.24, 2.45) is 4.99 Å². The van der Waals surface area contributed by atoms with Crippen LogP contribution in [0.25, 0.3) is 0 Å². The molecule has 0 radical (unpaired) electrons. The lowest BCUT2D eigenvalue weighted by molar-refractivity contribution is -0.386. The Kier molecular flexibility index (Phi) is 6.78. The average molecular weight is 339 g/mol. The van der Waals surface area contributed by atoms with Crippen molar-refractivity contribution in [1.82, 2.24) is 4.98 Å². The Morgan fingerprint density at radius 2 is 2.08 bits per heavy atom. The minimum Gasteiger partial charge on any atom is -0.476 e. The molecule has 0 aliphatic carbocycles. The van der Waals surface area contributed by atoms with E-state index in [0.29, 0.717) is 11.3 Å². The van der Waals surface area contributed by atoms with Gasteiger partial charge in [-0.25, -0.2) is 9.78 Å². The molecular formula is C15H21N3O6. The van der Waals surface area contributed by atoms with Gasteiger partial charge in [0.2, 0.25) is 0 Å². The first-order valence-electron chi connectivity index (χ1n) is 7.14. The van der Waals surface area contributed by atoms with Crippen LogP contribution in [0.2, 0.25) is 0 Å². The van der Waals surface area contributed by atoms with Gasteiger partial charge in [-0.05, 0) is 27.7 Å². The number of hydrogen-bond donors (Lipinski definition) is 0. The van der Waals surface area contributed by atoms with Crippen molar-refractivity contribution in [2.45, 2.75) is 39.9 Å². The standard InChI is InChI=1S/C15H21N3O6/c1-10(17-14(19)24-15(2,3)4)8-23-9-11-6-12(18(20)21)13(22-5)16-7-11/h6-7H,8-9H2,1-5H3. The van der Waals surface area contributed by atoms with Gasteiger partial charge in [0.15, 0.2) is 0 Å². The molecule has 0 atom stereocenters. The molecule has 0 bridgehead atoms. The smallest absolute Gasteiger partial charge is 0.434 e. The highest BCUT2D eigenvalue weighted by molar-refractivity contribution is 5.92. The highest BCUT2D eigenvalue weighted by atomic mass is 16.6. The van der Waals surface area contributed by atoms with Gasteiger partial charge in [0.25, 0.3) is 5.88 Å². The van der Waals surface area contributed by atoms with Crippen molar-refractivity contribution < 1.29 is 23.9 Å². The Morgan fingerprint density at radius 3 is 2.62 bits per heavy atom. The highest BCUT2D eigenvalue weighted by Gasteiger charge is 2.17. The van der Waals surface area contributed by atoms with Gasteiger partial charge in [0.05, 0.1) is 25.2 Å². The maximum Gasteiger partial charge on any atom is 0.434 e. The Labute approximate surface area is 139 Å². The number of rotatable bonds is 6. The van der Waals surface area contributed by atoms with E-state index in [2.05, 4.69) is 9.98 Å². The quantitative estimate of drug-likeness (QED) is 0.445. The molecule has 1 amide bonds. The van der Waals surface area contributed by atoms with Gasteiger partial charge in [-0.3, -0.25) is 10.1 Å². The second kappa shape index (κ2) is 8.34. The SMILES string of the molecule is COc1ncc(COCC(C)=NC(=O)OC(C)(C)C)cc1[N+](=O)[O-]. The minimum absolute atomic E-state index is 0.0635. The molecule has 9 heteroatoms. The first-order valence-corrected chi connectivity index (χ1v) is 7.14. The number of nitrogens with zero attached hydrogens (tertiary/aromatic N) is 3. The van der Waals surface area contributed by atoms with E-state index in [1.807, 2.05) is 0 Å². The van der Waals surface area contributed by atoms with E-state index in [1.165, 1.54) is 19.4 Å². The van der Waals surface area contributed by atoms with Crippen molar-refractivity contribution in [2.75, 3.05) is 13.7 Å². The summed E-state index contributed by atoms with van der Waals surface area (Å²) >= 11 is 0. The summed E-state index contributed by atoms with van der Waals surface area (Å²) in [6.45, 7) is 7.03. The molecule has 9 nitrogen and oxygen atoms in total. The monoisotopic (exact) mass is 339 g/mol. The Hall–Kier alpha value is -2.55. The number of ether oxygens (including phenoxy) is 3. The lowest BCUT2D eigenvalue weighted by Gasteiger charge is -2.17. The van der Waals surface area contributed by atoms with Crippen LogP contribution in [0.5, 0.6) is 5.88 Å². The third-order valence-corrected chi connectivity index (χ3v) is 2.53. The summed E-state index contributed by atoms with van der Waals surface area (Å²) < 4.78 is 15.3. The second-order valence-corrected chi connectivity index (χ2v) is 5.95. The molecular weight excluding hydrogens is 318 g/mol. The van der Waals surface area contributed by atoms with E-state index in [9.17, 15) is 14.9 Å². The molecule has 1 aromatic heterocycles. The van der Waals surface area contributed by atoms with E-state index in [1.54, 1.807) is 27.7 Å². The van der Waals surface area contributed by atoms with Crippen molar-refractivity contribution in [3.05, 3.63) is 27.9 Å². The zero-order chi connectivity index (χ0) is 18.3. The van der Waals surface area contributed by atoms with Crippen LogP contribution in [-0.2, 0) is 16.1 Å². The van der Waals surface area contributed by atoms with Gasteiger partial charge in [-0.1, -0.05) is 0 Å². The van der Waals surface area contributed by atoms with Gasteiger partial charge in [0.1, 0.15) is 5.60 Å². The number of nitro groups is 1. The molecule has 1 heterocycles. The van der Waals surface area contributed by atoms with Crippen molar-refractivity contribution >= 4 is 17.5 Å². The maximum atomic E-state index is 11.5. The van der Waals surface area contributed by atoms with Crippen LogP contribution in [0.4, 0.5) is 10.5 Å². The molecule has 0 aliphatic heterocycles. The molecule has 132 valence electrons. The van der Waals surface area contributed by atoms with Gasteiger partial charge in [-0.15, -0.1) is 0 Å². The number of aromatic nitrogens is 1. The van der Waals surface area contributed by atoms with E-state index in [4.69, 9.17) is 14.2 Å². The van der Waals surface area contributed by atoms with Crippen LogP contribution in [0.1, 0.15) is 33.3 Å². The maximum absolute atomic E-state index is 11.5. The zero-order valence-electron chi connectivity index (χ0n) is 14.4. The van der Waals surface area contributed by atoms with Gasteiger partial charge < -0.3 is 14.2 Å². The van der Waals surface area contributed by atoms with Crippen LogP contribution in [-0.4, -0.2) is 41.0 Å². The fraction of sp³-hybridized carbons (Fsp3) is 0.533. The number of carbonyl (C=O) groups is 1. The molecule has 1 rings (SSSR count). The van der Waals surface area contributed by atoms with Crippen LogP contribution >= 0.6 is 0 Å². The summed E-state index contributed by atoms with van der Waals surface area (Å²) in [5.41, 5.74) is 0.0839. The van der Waals surface area contributed by atoms with Gasteiger partial charge in [-0.2, -0.15) is 4.99 Å². The Morgan fingerprint density at radius 1 is 1.42 bits per heavy atom. The van der Waals surface area contributed by atoms with E-state index < -0.39 is 16.6 Å². The Balaban J connectivity index is 2.60. The average Bonchev–Trinajstić information content (AvgIpc) is 2.44. The van der Waals surface area contributed by atoms with Crippen molar-refractivity contribution in [3.63, 3.8) is 0 Å². The topological polar surface area (TPSA) is 113 Å². The van der Waals surface area contributed by atoms with E-state index in [-0.39, 0.29) is 24.8 Å². The van der Waals surface area contributed by atoms with Crippen LogP contribution in [0, 0.1) is 10.1 Å². The molecule has 24 heavy (non-hydrogen) atoms. The molecule has 0 N–H and O–H groups in total. The lowest BCUT2D eigenvalue weighted by Crippen LogP contribution is -2.22. The summed E-state index contributed by atoms with van der Waals surface area (Å²) in [5.74, 6) is -0.0635. The zero-order valence-corrected chi connectivity index (χ0v) is 14.4. The Bertz CT molecular complexity index is 637. The molecule has 0 saturated carbocycles. The predicted octanol–water partition coefficient (Wildman–Crippen LogP) is 2.91. The van der Waals surface area contributed by atoms with Crippen molar-refractivity contribution in [1.29, 1.82) is 0 Å². The van der Waals surface area contributed by atoms with Gasteiger partial charge in [0, 0.05) is 23.5 Å². The lowest BCUT2D eigenvalue weighted by atomic mass is 10.2. The number of aliphatic imine (C=N–C) groups is 1. The molecule has 0 spiro atoms. The molecule has 0 aromatic carbocycles.